The van der Waals surface area contributed by atoms with E-state index < -0.39 is 5.97 Å². The van der Waals surface area contributed by atoms with Gasteiger partial charge in [-0.3, -0.25) is 14.4 Å². The fourth-order valence-corrected chi connectivity index (χ4v) is 5.66. The number of nitrogens with two attached hydrogens (primary N) is 1. The van der Waals surface area contributed by atoms with Gasteiger partial charge in [0.05, 0.1) is 18.0 Å². The van der Waals surface area contributed by atoms with E-state index in [9.17, 15) is 9.90 Å². The number of nitrogens with zero attached hydrogens (tertiary/aromatic N) is 4. The summed E-state index contributed by atoms with van der Waals surface area (Å²) in [5, 5.41) is 17.4. The Morgan fingerprint density at radius 1 is 1.05 bits per heavy atom. The molecular weight excluding hydrogens is 514 g/mol. The van der Waals surface area contributed by atoms with Crippen LogP contribution >= 0.6 is 0 Å². The lowest BCUT2D eigenvalue weighted by atomic mass is 9.97. The van der Waals surface area contributed by atoms with Gasteiger partial charge < -0.3 is 15.6 Å². The van der Waals surface area contributed by atoms with Crippen LogP contribution in [-0.2, 0) is 17.8 Å². The average Bonchev–Trinajstić information content (AvgIpc) is 3.28. The van der Waals surface area contributed by atoms with Gasteiger partial charge in [-0.2, -0.15) is 5.10 Å². The van der Waals surface area contributed by atoms with Crippen LogP contribution in [0.25, 0.3) is 32.8 Å². The fourth-order valence-electron chi connectivity index (χ4n) is 5.66. The molecule has 6 rings (SSSR count). The molecule has 1 aliphatic rings. The number of hydrogen-bond acceptors (Lipinski definition) is 6. The van der Waals surface area contributed by atoms with Gasteiger partial charge in [0.15, 0.2) is 0 Å². The minimum absolute atomic E-state index is 0.0944. The predicted molar refractivity (Wildman–Crippen MR) is 162 cm³/mol. The Kier molecular flexibility index (Phi) is 7.32. The van der Waals surface area contributed by atoms with E-state index >= 15 is 0 Å². The smallest absolute Gasteiger partial charge is 0.307 e. The number of aliphatic carboxylic acids is 1. The zero-order valence-corrected chi connectivity index (χ0v) is 23.5. The monoisotopic (exact) mass is 549 g/mol. The first-order chi connectivity index (χ1) is 19.9. The number of hydrogen-bond donors (Lipinski definition) is 2. The maximum absolute atomic E-state index is 11.4. The van der Waals surface area contributed by atoms with Crippen molar-refractivity contribution < 1.29 is 14.6 Å². The van der Waals surface area contributed by atoms with Crippen LogP contribution in [0.4, 0.5) is 5.82 Å². The number of nitrogen functional groups attached to an aromatic ring is 1. The molecule has 1 aliphatic heterocycles. The summed E-state index contributed by atoms with van der Waals surface area (Å²) in [6.07, 6.45) is 2.84. The van der Waals surface area contributed by atoms with Crippen LogP contribution in [0, 0.1) is 5.92 Å². The first-order valence-corrected chi connectivity index (χ1v) is 14.2. The number of likely N-dealkylation sites (tertiary alicyclic amines) is 1. The largest absolute Gasteiger partial charge is 0.487 e. The third-order valence-corrected chi connectivity index (χ3v) is 7.92. The highest BCUT2D eigenvalue weighted by Crippen LogP contribution is 2.35. The van der Waals surface area contributed by atoms with Crippen molar-refractivity contribution in [1.82, 2.24) is 19.7 Å². The van der Waals surface area contributed by atoms with Crippen molar-refractivity contribution in [2.24, 2.45) is 5.92 Å². The highest BCUT2D eigenvalue weighted by atomic mass is 16.5. The van der Waals surface area contributed by atoms with Gasteiger partial charge in [-0.1, -0.05) is 56.3 Å². The Bertz CT molecular complexity index is 1720. The molecule has 210 valence electrons. The van der Waals surface area contributed by atoms with Crippen molar-refractivity contribution in [3.63, 3.8) is 0 Å². The summed E-state index contributed by atoms with van der Waals surface area (Å²) in [6.45, 7) is 7.81. The van der Waals surface area contributed by atoms with Crippen molar-refractivity contribution in [2.75, 3.05) is 25.4 Å². The predicted octanol–water partition coefficient (Wildman–Crippen LogP) is 5.94. The minimum Gasteiger partial charge on any atom is -0.487 e. The molecule has 0 unspecified atom stereocenters. The second-order valence-corrected chi connectivity index (χ2v) is 11.3. The number of ether oxygens (including phenoxy) is 1. The first kappa shape index (κ1) is 26.8. The molecule has 3 N–H and O–H groups in total. The number of fused-ring (bicyclic) bond motifs is 2. The van der Waals surface area contributed by atoms with Crippen LogP contribution in [-0.4, -0.2) is 50.4 Å². The number of benzene rings is 3. The van der Waals surface area contributed by atoms with E-state index in [2.05, 4.69) is 52.7 Å². The molecule has 1 saturated heterocycles. The van der Waals surface area contributed by atoms with Gasteiger partial charge in [0.1, 0.15) is 23.9 Å². The van der Waals surface area contributed by atoms with E-state index in [1.165, 1.54) is 6.42 Å². The molecule has 0 bridgehead atoms. The van der Waals surface area contributed by atoms with Crippen molar-refractivity contribution in [3.05, 3.63) is 84.2 Å². The third kappa shape index (κ3) is 5.47. The summed E-state index contributed by atoms with van der Waals surface area (Å²) in [5.41, 5.74) is 10.9. The van der Waals surface area contributed by atoms with Crippen molar-refractivity contribution in [1.29, 1.82) is 0 Å². The zero-order chi connectivity index (χ0) is 28.5. The van der Waals surface area contributed by atoms with Crippen molar-refractivity contribution in [3.8, 4) is 16.9 Å². The Morgan fingerprint density at radius 3 is 2.68 bits per heavy atom. The summed E-state index contributed by atoms with van der Waals surface area (Å²) >= 11 is 0. The van der Waals surface area contributed by atoms with Gasteiger partial charge in [0, 0.05) is 35.6 Å². The van der Waals surface area contributed by atoms with E-state index in [1.807, 2.05) is 36.4 Å². The molecular formula is C33H35N5O3. The number of carboxylic acids is 1. The number of pyridine rings is 1. The van der Waals surface area contributed by atoms with Gasteiger partial charge in [0.2, 0.25) is 0 Å². The van der Waals surface area contributed by atoms with Crippen molar-refractivity contribution >= 4 is 33.5 Å². The third-order valence-electron chi connectivity index (χ3n) is 7.92. The lowest BCUT2D eigenvalue weighted by Crippen LogP contribution is -2.48. The van der Waals surface area contributed by atoms with Gasteiger partial charge >= 0.3 is 5.97 Å². The molecule has 1 fully saturated rings. The maximum Gasteiger partial charge on any atom is 0.307 e. The molecule has 2 aromatic heterocycles. The molecule has 3 aromatic carbocycles. The highest BCUT2D eigenvalue weighted by Gasteiger charge is 2.30. The average molecular weight is 550 g/mol. The van der Waals surface area contributed by atoms with E-state index in [0.29, 0.717) is 29.1 Å². The fraction of sp³-hybridized carbons (Fsp3) is 0.303. The lowest BCUT2D eigenvalue weighted by Gasteiger charge is -2.39. The SMILES string of the molecule is CC(C)CCN1CC(n2nc(COc3ccccc3CC(=O)O)c3cc(-c4cccc5c(N)nccc45)ccc32)C1. The zero-order valence-electron chi connectivity index (χ0n) is 23.5. The Labute approximate surface area is 239 Å². The van der Waals surface area contributed by atoms with Crippen molar-refractivity contribution in [2.45, 2.75) is 39.3 Å². The van der Waals surface area contributed by atoms with Crippen LogP contribution in [0.3, 0.4) is 0 Å². The maximum atomic E-state index is 11.4. The van der Waals surface area contributed by atoms with E-state index in [-0.39, 0.29) is 13.0 Å². The number of aromatic nitrogens is 3. The Hall–Kier alpha value is -4.43. The van der Waals surface area contributed by atoms with Crippen LogP contribution in [0.1, 0.15) is 37.6 Å². The van der Waals surface area contributed by atoms with Crippen LogP contribution in [0.15, 0.2) is 72.9 Å². The number of carboxylic acid groups (broad SMARTS) is 1. The van der Waals surface area contributed by atoms with Gasteiger partial charge in [-0.05, 0) is 59.7 Å². The number of carbonyl (C=O) groups is 1. The standard InChI is InChI=1S/C33H35N5O3/c1-21(2)13-15-37-18-24(19-37)38-30-11-10-22(25-7-5-8-27-26(25)12-14-35-33(27)34)16-28(30)29(36-38)20-41-31-9-4-3-6-23(31)17-32(39)40/h3-12,14,16,21,24H,13,15,17-20H2,1-2H3,(H2,34,35)(H,39,40). The molecule has 8 nitrogen and oxygen atoms in total. The Morgan fingerprint density at radius 2 is 1.88 bits per heavy atom. The molecule has 3 heterocycles. The molecule has 0 radical (unpaired) electrons. The van der Waals surface area contributed by atoms with Gasteiger partial charge in [-0.15, -0.1) is 0 Å². The molecule has 0 atom stereocenters. The minimum atomic E-state index is -0.890. The van der Waals surface area contributed by atoms with Gasteiger partial charge in [0.25, 0.3) is 0 Å². The number of rotatable bonds is 10. The van der Waals surface area contributed by atoms with Crippen LogP contribution < -0.4 is 10.5 Å². The second-order valence-electron chi connectivity index (χ2n) is 11.3. The summed E-state index contributed by atoms with van der Waals surface area (Å²) in [7, 11) is 0. The molecule has 0 spiro atoms. The quantitative estimate of drug-likeness (QED) is 0.222. The number of anilines is 1. The second kappa shape index (κ2) is 11.2. The molecule has 5 aromatic rings. The normalized spacial score (nSPS) is 14.1. The Balaban J connectivity index is 1.37. The summed E-state index contributed by atoms with van der Waals surface area (Å²) in [6, 6.07) is 22.2. The first-order valence-electron chi connectivity index (χ1n) is 14.2. The summed E-state index contributed by atoms with van der Waals surface area (Å²) in [5.74, 6) is 0.873. The van der Waals surface area contributed by atoms with E-state index in [1.54, 1.807) is 12.3 Å². The molecule has 41 heavy (non-hydrogen) atoms. The topological polar surface area (TPSA) is 106 Å². The summed E-state index contributed by atoms with van der Waals surface area (Å²) < 4.78 is 8.37. The molecule has 0 aliphatic carbocycles. The van der Waals surface area contributed by atoms with Gasteiger partial charge in [-0.25, -0.2) is 4.98 Å². The summed E-state index contributed by atoms with van der Waals surface area (Å²) in [4.78, 5) is 18.1. The highest BCUT2D eigenvalue weighted by molar-refractivity contribution is 6.02. The van der Waals surface area contributed by atoms with E-state index in [4.69, 9.17) is 15.6 Å². The van der Waals surface area contributed by atoms with Crippen LogP contribution in [0.5, 0.6) is 5.75 Å². The molecule has 0 amide bonds. The molecule has 0 saturated carbocycles. The van der Waals surface area contributed by atoms with Crippen LogP contribution in [0.2, 0.25) is 0 Å². The lowest BCUT2D eigenvalue weighted by molar-refractivity contribution is -0.136. The molecule has 8 heteroatoms. The number of para-hydroxylation sites is 1. The van der Waals surface area contributed by atoms with E-state index in [0.717, 1.165) is 58.1 Å².